The summed E-state index contributed by atoms with van der Waals surface area (Å²) in [5.41, 5.74) is 2.49. The quantitative estimate of drug-likeness (QED) is 0.890. The van der Waals surface area contributed by atoms with E-state index >= 15 is 0 Å². The molecule has 1 aliphatic heterocycles. The van der Waals surface area contributed by atoms with E-state index in [1.807, 2.05) is 13.8 Å². The van der Waals surface area contributed by atoms with Crippen molar-refractivity contribution in [3.63, 3.8) is 0 Å². The number of hydrogen-bond donors (Lipinski definition) is 1. The number of aromatic nitrogens is 4. The van der Waals surface area contributed by atoms with Crippen LogP contribution in [0.4, 0.5) is 0 Å². The molecule has 1 atom stereocenters. The summed E-state index contributed by atoms with van der Waals surface area (Å²) >= 11 is 0. The highest BCUT2D eigenvalue weighted by Gasteiger charge is 2.28. The highest BCUT2D eigenvalue weighted by Crippen LogP contribution is 2.20. The van der Waals surface area contributed by atoms with Gasteiger partial charge in [-0.1, -0.05) is 0 Å². The van der Waals surface area contributed by atoms with E-state index in [2.05, 4.69) is 15.2 Å². The molecule has 0 aliphatic carbocycles. The normalized spacial score (nSPS) is 18.3. The Labute approximate surface area is 133 Å². The fourth-order valence-electron chi connectivity index (χ4n) is 3.09. The van der Waals surface area contributed by atoms with Gasteiger partial charge in [0.05, 0.1) is 12.3 Å². The molecule has 1 saturated heterocycles. The maximum Gasteiger partial charge on any atom is 0.308 e. The molecule has 3 heterocycles. The average molecular weight is 317 g/mol. The molecule has 23 heavy (non-hydrogen) atoms. The molecule has 1 unspecified atom stereocenters. The summed E-state index contributed by atoms with van der Waals surface area (Å²) in [6, 6.07) is 0. The molecule has 8 nitrogen and oxygen atoms in total. The molecule has 0 spiro atoms. The molecule has 2 aromatic rings. The van der Waals surface area contributed by atoms with Crippen molar-refractivity contribution in [3.05, 3.63) is 23.3 Å². The molecule has 1 fully saturated rings. The van der Waals surface area contributed by atoms with E-state index in [0.29, 0.717) is 18.7 Å². The van der Waals surface area contributed by atoms with Crippen molar-refractivity contribution in [1.82, 2.24) is 24.5 Å². The first-order valence-electron chi connectivity index (χ1n) is 7.63. The van der Waals surface area contributed by atoms with Gasteiger partial charge in [0.25, 0.3) is 5.78 Å². The molecule has 1 aliphatic rings. The summed E-state index contributed by atoms with van der Waals surface area (Å²) in [5.74, 6) is -0.840. The molecule has 0 radical (unpaired) electrons. The van der Waals surface area contributed by atoms with E-state index in [-0.39, 0.29) is 18.9 Å². The van der Waals surface area contributed by atoms with Crippen molar-refractivity contribution >= 4 is 17.7 Å². The van der Waals surface area contributed by atoms with E-state index in [4.69, 9.17) is 5.11 Å². The Balaban J connectivity index is 1.81. The summed E-state index contributed by atoms with van der Waals surface area (Å²) in [5, 5.41) is 16.9. The molecule has 0 saturated carbocycles. The van der Waals surface area contributed by atoms with Crippen LogP contribution in [0.25, 0.3) is 5.78 Å². The first-order chi connectivity index (χ1) is 11.0. The third kappa shape index (κ3) is 2.88. The van der Waals surface area contributed by atoms with Gasteiger partial charge in [-0.2, -0.15) is 0 Å². The van der Waals surface area contributed by atoms with Crippen molar-refractivity contribution in [1.29, 1.82) is 0 Å². The zero-order valence-electron chi connectivity index (χ0n) is 13.2. The second-order valence-corrected chi connectivity index (χ2v) is 5.96. The van der Waals surface area contributed by atoms with Gasteiger partial charge < -0.3 is 10.0 Å². The van der Waals surface area contributed by atoms with Crippen molar-refractivity contribution < 1.29 is 14.7 Å². The van der Waals surface area contributed by atoms with Crippen LogP contribution >= 0.6 is 0 Å². The van der Waals surface area contributed by atoms with Crippen LogP contribution in [0, 0.1) is 19.8 Å². The SMILES string of the molecule is Cc1nc2nncn2c(C)c1CC(=O)N1CCCC(C(=O)O)C1. The Bertz CT molecular complexity index is 770. The number of fused-ring (bicyclic) bond motifs is 1. The third-order valence-electron chi connectivity index (χ3n) is 4.48. The van der Waals surface area contributed by atoms with Gasteiger partial charge in [-0.3, -0.25) is 14.0 Å². The molecular weight excluding hydrogens is 298 g/mol. The molecule has 8 heteroatoms. The van der Waals surface area contributed by atoms with Crippen LogP contribution in [0.3, 0.4) is 0 Å². The molecular formula is C15H19N5O3. The number of piperidine rings is 1. The van der Waals surface area contributed by atoms with E-state index in [1.54, 1.807) is 15.6 Å². The van der Waals surface area contributed by atoms with Gasteiger partial charge in [0.1, 0.15) is 6.33 Å². The minimum Gasteiger partial charge on any atom is -0.481 e. The number of aliphatic carboxylic acids is 1. The van der Waals surface area contributed by atoms with Crippen molar-refractivity contribution in [2.45, 2.75) is 33.1 Å². The first kappa shape index (κ1) is 15.4. The number of rotatable bonds is 3. The fraction of sp³-hybridized carbons (Fsp3) is 0.533. The topological polar surface area (TPSA) is 101 Å². The highest BCUT2D eigenvalue weighted by atomic mass is 16.4. The minimum absolute atomic E-state index is 0.0589. The maximum absolute atomic E-state index is 12.6. The van der Waals surface area contributed by atoms with Gasteiger partial charge in [0.2, 0.25) is 5.91 Å². The lowest BCUT2D eigenvalue weighted by Gasteiger charge is -2.31. The predicted molar refractivity (Wildman–Crippen MR) is 80.9 cm³/mol. The van der Waals surface area contributed by atoms with Crippen molar-refractivity contribution in [2.75, 3.05) is 13.1 Å². The number of amides is 1. The highest BCUT2D eigenvalue weighted by molar-refractivity contribution is 5.80. The predicted octanol–water partition coefficient (Wildman–Crippen LogP) is 0.607. The monoisotopic (exact) mass is 317 g/mol. The fourth-order valence-corrected chi connectivity index (χ4v) is 3.09. The van der Waals surface area contributed by atoms with Crippen LogP contribution in [0.2, 0.25) is 0 Å². The Kier molecular flexibility index (Phi) is 3.97. The van der Waals surface area contributed by atoms with Crippen LogP contribution in [-0.2, 0) is 16.0 Å². The molecule has 122 valence electrons. The van der Waals surface area contributed by atoms with Gasteiger partial charge in [0, 0.05) is 30.0 Å². The van der Waals surface area contributed by atoms with Gasteiger partial charge in [-0.15, -0.1) is 10.2 Å². The van der Waals surface area contributed by atoms with Gasteiger partial charge >= 0.3 is 5.97 Å². The van der Waals surface area contributed by atoms with Crippen molar-refractivity contribution in [2.24, 2.45) is 5.92 Å². The van der Waals surface area contributed by atoms with Gasteiger partial charge in [-0.05, 0) is 26.7 Å². The number of carboxylic acids is 1. The van der Waals surface area contributed by atoms with Crippen LogP contribution in [0.1, 0.15) is 29.8 Å². The van der Waals surface area contributed by atoms with E-state index in [0.717, 1.165) is 23.4 Å². The smallest absolute Gasteiger partial charge is 0.308 e. The van der Waals surface area contributed by atoms with Crippen molar-refractivity contribution in [3.8, 4) is 0 Å². The number of carbonyl (C=O) groups excluding carboxylic acids is 1. The Hall–Kier alpha value is -2.51. The zero-order chi connectivity index (χ0) is 16.6. The Morgan fingerprint density at radius 2 is 2.17 bits per heavy atom. The first-order valence-corrected chi connectivity index (χ1v) is 7.63. The number of likely N-dealkylation sites (tertiary alicyclic amines) is 1. The zero-order valence-corrected chi connectivity index (χ0v) is 13.2. The number of aryl methyl sites for hydroxylation is 2. The second-order valence-electron chi connectivity index (χ2n) is 5.96. The van der Waals surface area contributed by atoms with Gasteiger partial charge in [-0.25, -0.2) is 4.98 Å². The Morgan fingerprint density at radius 1 is 1.39 bits per heavy atom. The third-order valence-corrected chi connectivity index (χ3v) is 4.48. The van der Waals surface area contributed by atoms with E-state index < -0.39 is 11.9 Å². The summed E-state index contributed by atoms with van der Waals surface area (Å²) in [7, 11) is 0. The number of carboxylic acid groups (broad SMARTS) is 1. The number of nitrogens with zero attached hydrogens (tertiary/aromatic N) is 5. The molecule has 3 rings (SSSR count). The molecule has 0 aromatic carbocycles. The van der Waals surface area contributed by atoms with Gasteiger partial charge in [0.15, 0.2) is 0 Å². The lowest BCUT2D eigenvalue weighted by Crippen LogP contribution is -2.43. The van der Waals surface area contributed by atoms with Crippen LogP contribution in [0.15, 0.2) is 6.33 Å². The van der Waals surface area contributed by atoms with E-state index in [9.17, 15) is 9.59 Å². The number of carbonyl (C=O) groups is 2. The largest absolute Gasteiger partial charge is 0.481 e. The average Bonchev–Trinajstić information content (AvgIpc) is 2.99. The van der Waals surface area contributed by atoms with Crippen LogP contribution in [-0.4, -0.2) is 54.6 Å². The summed E-state index contributed by atoms with van der Waals surface area (Å²) in [6.07, 6.45) is 3.15. The molecule has 1 N–H and O–H groups in total. The number of hydrogen-bond acceptors (Lipinski definition) is 5. The lowest BCUT2D eigenvalue weighted by atomic mass is 9.97. The molecule has 0 bridgehead atoms. The Morgan fingerprint density at radius 3 is 2.91 bits per heavy atom. The standard InChI is InChI=1S/C15H19N5O3/c1-9-12(10(2)20-8-16-18-15(20)17-9)6-13(21)19-5-3-4-11(7-19)14(22)23/h8,11H,3-7H2,1-2H3,(H,22,23). The van der Waals surface area contributed by atoms with E-state index in [1.165, 1.54) is 0 Å². The maximum atomic E-state index is 12.6. The lowest BCUT2D eigenvalue weighted by molar-refractivity contribution is -0.145. The van der Waals surface area contributed by atoms with Crippen LogP contribution < -0.4 is 0 Å². The summed E-state index contributed by atoms with van der Waals surface area (Å²) < 4.78 is 1.76. The minimum atomic E-state index is -0.831. The summed E-state index contributed by atoms with van der Waals surface area (Å²) in [6.45, 7) is 4.65. The summed E-state index contributed by atoms with van der Waals surface area (Å²) in [4.78, 5) is 29.7. The molecule has 2 aromatic heterocycles. The second kappa shape index (κ2) is 5.94. The molecule has 1 amide bonds. The van der Waals surface area contributed by atoms with Crippen LogP contribution in [0.5, 0.6) is 0 Å².